The van der Waals surface area contributed by atoms with Gasteiger partial charge in [0.1, 0.15) is 17.3 Å². The zero-order chi connectivity index (χ0) is 29.5. The molecule has 0 radical (unpaired) electrons. The van der Waals surface area contributed by atoms with Crippen LogP contribution in [0.3, 0.4) is 0 Å². The number of imide groups is 1. The van der Waals surface area contributed by atoms with Crippen LogP contribution < -0.4 is 4.90 Å². The van der Waals surface area contributed by atoms with Gasteiger partial charge in [-0.15, -0.1) is 11.3 Å². The van der Waals surface area contributed by atoms with E-state index in [1.165, 1.54) is 4.90 Å². The maximum Gasteiger partial charge on any atom is 0.242 e. The Hall–Kier alpha value is -4.20. The van der Waals surface area contributed by atoms with Gasteiger partial charge in [-0.25, -0.2) is 4.90 Å². The smallest absolute Gasteiger partial charge is 0.242 e. The van der Waals surface area contributed by atoms with E-state index in [2.05, 4.69) is 6.58 Å². The van der Waals surface area contributed by atoms with Gasteiger partial charge >= 0.3 is 0 Å². The molecule has 2 aliphatic rings. The van der Waals surface area contributed by atoms with Gasteiger partial charge in [-0.05, 0) is 72.0 Å². The van der Waals surface area contributed by atoms with Crippen LogP contribution in [0.2, 0.25) is 5.02 Å². The molecule has 1 saturated heterocycles. The Kier molecular flexibility index (Phi) is 5.98. The lowest BCUT2D eigenvalue weighted by Crippen LogP contribution is -2.42. The number of anilines is 1. The number of carbonyl (C=O) groups is 2. The Morgan fingerprint density at radius 2 is 1.86 bits per heavy atom. The first-order chi connectivity index (χ1) is 20.1. The van der Waals surface area contributed by atoms with Crippen LogP contribution in [0, 0.1) is 18.3 Å². The van der Waals surface area contributed by atoms with Crippen molar-refractivity contribution in [1.29, 1.82) is 0 Å². The number of thiophene rings is 1. The van der Waals surface area contributed by atoms with Crippen LogP contribution >= 0.6 is 22.9 Å². The number of aryl methyl sites for hydroxylation is 2. The van der Waals surface area contributed by atoms with Crippen molar-refractivity contribution < 1.29 is 14.7 Å². The summed E-state index contributed by atoms with van der Waals surface area (Å²) in [5.41, 5.74) is 2.48. The van der Waals surface area contributed by atoms with E-state index in [-0.39, 0.29) is 17.6 Å². The number of amides is 2. The fourth-order valence-corrected chi connectivity index (χ4v) is 8.30. The average Bonchev–Trinajstić information content (AvgIpc) is 3.58. The van der Waals surface area contributed by atoms with E-state index < -0.39 is 17.3 Å². The standard InChI is InChI=1S/C34H28ClN3O3S/c1-5-19-10-13-25-32(40)38(29-17-26(36-37(29)4)31-18(2)24-16-20(35)11-15-28(24)42-31)33(41)34(25,3)30(19)23-12-14-27(39)22-9-7-6-8-21(22)23/h5-12,14-17,25,30,39H,1,13H2,2-4H3. The topological polar surface area (TPSA) is 75.4 Å². The molecule has 42 heavy (non-hydrogen) atoms. The Morgan fingerprint density at radius 3 is 2.62 bits per heavy atom. The van der Waals surface area contributed by atoms with Crippen molar-refractivity contribution in [2.75, 3.05) is 4.90 Å². The summed E-state index contributed by atoms with van der Waals surface area (Å²) in [4.78, 5) is 31.1. The number of aromatic nitrogens is 2. The number of hydrogen-bond acceptors (Lipinski definition) is 5. The fourth-order valence-electron chi connectivity index (χ4n) is 6.98. The molecule has 8 heteroatoms. The van der Waals surface area contributed by atoms with Gasteiger partial charge in [-0.1, -0.05) is 60.7 Å². The number of aromatic hydroxyl groups is 1. The molecule has 210 valence electrons. The van der Waals surface area contributed by atoms with E-state index in [9.17, 15) is 14.7 Å². The van der Waals surface area contributed by atoms with Crippen molar-refractivity contribution >= 4 is 61.4 Å². The lowest BCUT2D eigenvalue weighted by Gasteiger charge is -2.40. The van der Waals surface area contributed by atoms with Gasteiger partial charge in [0.2, 0.25) is 11.8 Å². The summed E-state index contributed by atoms with van der Waals surface area (Å²) in [6.07, 6.45) is 4.25. The number of allylic oxidation sites excluding steroid dienone is 3. The van der Waals surface area contributed by atoms with Gasteiger partial charge in [-0.2, -0.15) is 5.10 Å². The van der Waals surface area contributed by atoms with Gasteiger partial charge in [-0.3, -0.25) is 14.3 Å². The highest BCUT2D eigenvalue weighted by Crippen LogP contribution is 2.58. The Balaban J connectivity index is 1.35. The highest BCUT2D eigenvalue weighted by Gasteiger charge is 2.62. The number of hydrogen-bond donors (Lipinski definition) is 1. The maximum atomic E-state index is 14.6. The molecular weight excluding hydrogens is 566 g/mol. The second-order valence-electron chi connectivity index (χ2n) is 11.3. The van der Waals surface area contributed by atoms with Crippen LogP contribution in [0.25, 0.3) is 31.4 Å². The molecule has 2 amide bonds. The van der Waals surface area contributed by atoms with Crippen molar-refractivity contribution in [3.05, 3.63) is 101 Å². The van der Waals surface area contributed by atoms with Crippen molar-refractivity contribution in [2.24, 2.45) is 18.4 Å². The van der Waals surface area contributed by atoms with E-state index in [1.54, 1.807) is 35.2 Å². The highest BCUT2D eigenvalue weighted by molar-refractivity contribution is 7.22. The number of fused-ring (bicyclic) bond motifs is 3. The van der Waals surface area contributed by atoms with Crippen molar-refractivity contribution in [3.63, 3.8) is 0 Å². The number of nitrogens with zero attached hydrogens (tertiary/aromatic N) is 3. The number of rotatable bonds is 4. The first-order valence-electron chi connectivity index (χ1n) is 13.8. The minimum absolute atomic E-state index is 0.174. The molecule has 5 aromatic rings. The van der Waals surface area contributed by atoms with Crippen molar-refractivity contribution in [3.8, 4) is 16.3 Å². The summed E-state index contributed by atoms with van der Waals surface area (Å²) in [6, 6.07) is 18.8. The molecule has 1 aliphatic carbocycles. The van der Waals surface area contributed by atoms with Crippen LogP contribution in [0.15, 0.2) is 85.0 Å². The molecule has 3 atom stereocenters. The number of phenols is 1. The molecule has 2 aromatic heterocycles. The van der Waals surface area contributed by atoms with Gasteiger partial charge in [0.15, 0.2) is 0 Å². The third-order valence-corrected chi connectivity index (χ3v) is 10.7. The number of benzene rings is 3. The van der Waals surface area contributed by atoms with Crippen molar-refractivity contribution in [2.45, 2.75) is 26.2 Å². The van der Waals surface area contributed by atoms with E-state index >= 15 is 0 Å². The molecular formula is C34H28ClN3O3S. The summed E-state index contributed by atoms with van der Waals surface area (Å²) < 4.78 is 2.72. The van der Waals surface area contributed by atoms with Crippen LogP contribution in [0.5, 0.6) is 5.75 Å². The molecule has 0 spiro atoms. The molecule has 1 aliphatic heterocycles. The summed E-state index contributed by atoms with van der Waals surface area (Å²) in [5.74, 6) is -0.862. The van der Waals surface area contributed by atoms with Crippen LogP contribution in [-0.2, 0) is 16.6 Å². The van der Waals surface area contributed by atoms with Crippen LogP contribution in [-0.4, -0.2) is 26.7 Å². The SMILES string of the molecule is C=CC1=CCC2C(=O)N(c3cc(-c4sc5ccc(Cl)cc5c4C)nn3C)C(=O)C2(C)C1c1ccc(O)c2ccccc12. The Bertz CT molecular complexity index is 2020. The molecule has 7 rings (SSSR count). The van der Waals surface area contributed by atoms with E-state index in [0.717, 1.165) is 37.0 Å². The predicted molar refractivity (Wildman–Crippen MR) is 169 cm³/mol. The van der Waals surface area contributed by atoms with Crippen LogP contribution in [0.1, 0.15) is 30.4 Å². The molecule has 1 fully saturated rings. The predicted octanol–water partition coefficient (Wildman–Crippen LogP) is 7.92. The van der Waals surface area contributed by atoms with Crippen molar-refractivity contribution in [1.82, 2.24) is 9.78 Å². The molecule has 3 heterocycles. The Morgan fingerprint density at radius 1 is 1.10 bits per heavy atom. The van der Waals surface area contributed by atoms with Gasteiger partial charge in [0.05, 0.1) is 16.2 Å². The van der Waals surface area contributed by atoms with Gasteiger partial charge < -0.3 is 5.11 Å². The summed E-state index contributed by atoms with van der Waals surface area (Å²) >= 11 is 7.88. The first kappa shape index (κ1) is 26.7. The molecule has 3 aromatic carbocycles. The fraction of sp³-hybridized carbons (Fsp3) is 0.206. The molecule has 1 N–H and O–H groups in total. The number of carbonyl (C=O) groups excluding carboxylic acids is 2. The van der Waals surface area contributed by atoms with Gasteiger partial charge in [0, 0.05) is 34.1 Å². The monoisotopic (exact) mass is 593 g/mol. The van der Waals surface area contributed by atoms with E-state index in [4.69, 9.17) is 16.7 Å². The number of halogens is 1. The molecule has 3 unspecified atom stereocenters. The largest absolute Gasteiger partial charge is 0.507 e. The zero-order valence-corrected chi connectivity index (χ0v) is 25.0. The Labute approximate surface area is 252 Å². The lowest BCUT2D eigenvalue weighted by atomic mass is 9.59. The normalized spacial score (nSPS) is 22.2. The quantitative estimate of drug-likeness (QED) is 0.215. The summed E-state index contributed by atoms with van der Waals surface area (Å²) in [5, 5.41) is 18.6. The average molecular weight is 594 g/mol. The third kappa shape index (κ3) is 3.60. The summed E-state index contributed by atoms with van der Waals surface area (Å²) in [7, 11) is 1.77. The zero-order valence-electron chi connectivity index (χ0n) is 23.4. The molecule has 0 saturated carbocycles. The second-order valence-corrected chi connectivity index (χ2v) is 12.8. The van der Waals surface area contributed by atoms with E-state index in [0.29, 0.717) is 28.3 Å². The third-order valence-electron chi connectivity index (χ3n) is 9.13. The molecule has 6 nitrogen and oxygen atoms in total. The lowest BCUT2D eigenvalue weighted by molar-refractivity contribution is -0.127. The second kappa shape index (κ2) is 9.41. The first-order valence-corrected chi connectivity index (χ1v) is 15.0. The minimum atomic E-state index is -1.07. The van der Waals surface area contributed by atoms with Crippen LogP contribution in [0.4, 0.5) is 5.82 Å². The van der Waals surface area contributed by atoms with E-state index in [1.807, 2.05) is 74.5 Å². The number of phenolic OH excluding ortho intramolecular Hbond substituents is 1. The summed E-state index contributed by atoms with van der Waals surface area (Å²) in [6.45, 7) is 8.00. The molecule has 0 bridgehead atoms. The highest BCUT2D eigenvalue weighted by atomic mass is 35.5. The van der Waals surface area contributed by atoms with Gasteiger partial charge in [0.25, 0.3) is 0 Å². The minimum Gasteiger partial charge on any atom is -0.507 e. The maximum absolute atomic E-state index is 14.6.